The van der Waals surface area contributed by atoms with Crippen LogP contribution in [0.4, 0.5) is 0 Å². The number of hydrogen-bond acceptors (Lipinski definition) is 5. The van der Waals surface area contributed by atoms with Gasteiger partial charge in [0.05, 0.1) is 29.2 Å². The molecule has 3 aliphatic rings. The Bertz CT molecular complexity index is 1140. The van der Waals surface area contributed by atoms with Crippen molar-refractivity contribution in [1.29, 1.82) is 0 Å². The Morgan fingerprint density at radius 3 is 2.40 bits per heavy atom. The Hall–Kier alpha value is -2.58. The fourth-order valence-electron chi connectivity index (χ4n) is 7.61. The van der Waals surface area contributed by atoms with Crippen molar-refractivity contribution in [1.82, 2.24) is 14.7 Å². The largest absolute Gasteiger partial charge is 0.394 e. The SMILES string of the molecule is C=CCN(CCCC)C(=O)C1N([C@@H](CO)CC(C)C)C(=O)[C@@H]2[C@H](C(=O)N(CC=C)Cc3ccccc3)[C@@H]3CC(C)C12S3. The summed E-state index contributed by atoms with van der Waals surface area (Å²) < 4.78 is -0.720. The van der Waals surface area contributed by atoms with E-state index in [0.29, 0.717) is 32.6 Å². The molecule has 0 aromatic heterocycles. The smallest absolute Gasteiger partial charge is 0.247 e. The number of amides is 3. The van der Waals surface area contributed by atoms with Crippen LogP contribution in [0.5, 0.6) is 0 Å². The summed E-state index contributed by atoms with van der Waals surface area (Å²) in [6, 6.07) is 8.66. The van der Waals surface area contributed by atoms with Gasteiger partial charge in [-0.05, 0) is 36.7 Å². The van der Waals surface area contributed by atoms with Gasteiger partial charge in [-0.25, -0.2) is 0 Å². The molecule has 1 N–H and O–H groups in total. The molecule has 3 aliphatic heterocycles. The Morgan fingerprint density at radius 1 is 1.14 bits per heavy atom. The Labute approximate surface area is 256 Å². The highest BCUT2D eigenvalue weighted by atomic mass is 32.2. The quantitative estimate of drug-likeness (QED) is 0.296. The molecule has 42 heavy (non-hydrogen) atoms. The van der Waals surface area contributed by atoms with Crippen LogP contribution in [-0.4, -0.2) is 85.8 Å². The van der Waals surface area contributed by atoms with Crippen molar-refractivity contribution < 1.29 is 19.5 Å². The van der Waals surface area contributed by atoms with Gasteiger partial charge in [-0.2, -0.15) is 0 Å². The van der Waals surface area contributed by atoms with E-state index in [9.17, 15) is 19.5 Å². The van der Waals surface area contributed by atoms with Gasteiger partial charge in [-0.3, -0.25) is 14.4 Å². The summed E-state index contributed by atoms with van der Waals surface area (Å²) in [5, 5.41) is 10.6. The van der Waals surface area contributed by atoms with Crippen LogP contribution < -0.4 is 0 Å². The number of nitrogens with zero attached hydrogens (tertiary/aromatic N) is 3. The maximum absolute atomic E-state index is 14.7. The summed E-state index contributed by atoms with van der Waals surface area (Å²) in [4.78, 5) is 49.1. The van der Waals surface area contributed by atoms with E-state index < -0.39 is 28.7 Å². The summed E-state index contributed by atoms with van der Waals surface area (Å²) in [5.74, 6) is -1.12. The van der Waals surface area contributed by atoms with Gasteiger partial charge in [0.25, 0.3) is 0 Å². The van der Waals surface area contributed by atoms with Crippen LogP contribution in [0.2, 0.25) is 0 Å². The molecule has 8 heteroatoms. The van der Waals surface area contributed by atoms with Crippen molar-refractivity contribution in [3.8, 4) is 0 Å². The van der Waals surface area contributed by atoms with Crippen molar-refractivity contribution in [2.24, 2.45) is 23.7 Å². The van der Waals surface area contributed by atoms with Crippen LogP contribution >= 0.6 is 11.8 Å². The van der Waals surface area contributed by atoms with Crippen LogP contribution in [0.3, 0.4) is 0 Å². The molecule has 1 aromatic rings. The maximum atomic E-state index is 14.7. The van der Waals surface area contributed by atoms with Crippen molar-refractivity contribution in [2.75, 3.05) is 26.2 Å². The normalized spacial score (nSPS) is 28.6. The average Bonchev–Trinajstić information content (AvgIpc) is 3.57. The van der Waals surface area contributed by atoms with Gasteiger partial charge < -0.3 is 19.8 Å². The van der Waals surface area contributed by atoms with E-state index in [2.05, 4.69) is 40.9 Å². The molecule has 4 rings (SSSR count). The van der Waals surface area contributed by atoms with Gasteiger partial charge >= 0.3 is 0 Å². The molecule has 3 fully saturated rings. The molecule has 0 radical (unpaired) electrons. The van der Waals surface area contributed by atoms with Crippen molar-refractivity contribution in [2.45, 2.75) is 82.0 Å². The van der Waals surface area contributed by atoms with Crippen LogP contribution in [0.25, 0.3) is 0 Å². The first kappa shape index (κ1) is 32.3. The summed E-state index contributed by atoms with van der Waals surface area (Å²) >= 11 is 1.70. The van der Waals surface area contributed by atoms with E-state index in [4.69, 9.17) is 0 Å². The molecule has 2 bridgehead atoms. The number of unbranched alkanes of at least 4 members (excludes halogenated alkanes) is 1. The summed E-state index contributed by atoms with van der Waals surface area (Å²) in [7, 11) is 0. The second-order valence-electron chi connectivity index (χ2n) is 12.7. The van der Waals surface area contributed by atoms with E-state index >= 15 is 0 Å². The minimum atomic E-state index is -0.729. The lowest BCUT2D eigenvalue weighted by Crippen LogP contribution is -2.59. The third kappa shape index (κ3) is 5.81. The van der Waals surface area contributed by atoms with Crippen LogP contribution in [0.15, 0.2) is 55.6 Å². The standard InChI is InChI=1S/C34H49N3O4S/c1-7-10-18-35(16-8-2)33(41)30-34-24(6)20-27(42-34)28(29(34)32(40)37(30)26(22-38)19-23(4)5)31(39)36(17-9-3)21-25-14-12-11-13-15-25/h8-9,11-15,23-24,26-30,38H,2-3,7,10,16-22H2,1,4-6H3/t24?,26-,27+,28-,29+,30?,34?/m1/s1. The minimum Gasteiger partial charge on any atom is -0.394 e. The number of benzene rings is 1. The molecule has 3 unspecified atom stereocenters. The van der Waals surface area contributed by atoms with Gasteiger partial charge in [0.1, 0.15) is 6.04 Å². The molecule has 230 valence electrons. The zero-order valence-corrected chi connectivity index (χ0v) is 26.6. The Balaban J connectivity index is 1.78. The first-order valence-corrected chi connectivity index (χ1v) is 16.5. The van der Waals surface area contributed by atoms with E-state index in [0.717, 1.165) is 24.8 Å². The second-order valence-corrected chi connectivity index (χ2v) is 14.2. The third-order valence-corrected chi connectivity index (χ3v) is 11.4. The Morgan fingerprint density at radius 2 is 1.81 bits per heavy atom. The monoisotopic (exact) mass is 595 g/mol. The van der Waals surface area contributed by atoms with E-state index in [1.165, 1.54) is 0 Å². The highest BCUT2D eigenvalue weighted by molar-refractivity contribution is 8.02. The molecule has 1 spiro atoms. The number of hydrogen-bond donors (Lipinski definition) is 1. The van der Waals surface area contributed by atoms with Crippen LogP contribution in [-0.2, 0) is 20.9 Å². The molecular formula is C34H49N3O4S. The fraction of sp³-hybridized carbons (Fsp3) is 0.618. The molecule has 3 saturated heterocycles. The molecule has 1 aromatic carbocycles. The second kappa shape index (κ2) is 13.8. The summed E-state index contributed by atoms with van der Waals surface area (Å²) in [6.45, 7) is 17.8. The predicted octanol–water partition coefficient (Wildman–Crippen LogP) is 4.76. The number of carbonyl (C=O) groups excluding carboxylic acids is 3. The van der Waals surface area contributed by atoms with Crippen molar-refractivity contribution in [3.05, 3.63) is 61.2 Å². The van der Waals surface area contributed by atoms with Crippen LogP contribution in [0.1, 0.15) is 58.9 Å². The minimum absolute atomic E-state index is 0.0387. The molecule has 7 nitrogen and oxygen atoms in total. The first-order chi connectivity index (χ1) is 20.2. The number of aliphatic hydroxyl groups excluding tert-OH is 1. The molecular weight excluding hydrogens is 546 g/mol. The zero-order valence-electron chi connectivity index (χ0n) is 25.8. The molecule has 0 aliphatic carbocycles. The lowest BCUT2D eigenvalue weighted by Gasteiger charge is -2.42. The third-order valence-electron chi connectivity index (χ3n) is 9.37. The zero-order chi connectivity index (χ0) is 30.6. The number of thioether (sulfide) groups is 1. The average molecular weight is 596 g/mol. The first-order valence-electron chi connectivity index (χ1n) is 15.6. The number of aliphatic hydroxyl groups is 1. The molecule has 3 amide bonds. The number of rotatable bonds is 15. The predicted molar refractivity (Wildman–Crippen MR) is 170 cm³/mol. The van der Waals surface area contributed by atoms with E-state index in [1.807, 2.05) is 40.1 Å². The van der Waals surface area contributed by atoms with Crippen molar-refractivity contribution >= 4 is 29.5 Å². The van der Waals surface area contributed by atoms with Gasteiger partial charge in [0.2, 0.25) is 17.7 Å². The highest BCUT2D eigenvalue weighted by Crippen LogP contribution is 2.69. The molecule has 0 saturated carbocycles. The van der Waals surface area contributed by atoms with E-state index in [1.54, 1.807) is 28.8 Å². The topological polar surface area (TPSA) is 81.2 Å². The number of carbonyl (C=O) groups is 3. The fourth-order valence-corrected chi connectivity index (χ4v) is 10.0. The number of fused-ring (bicyclic) bond motifs is 1. The van der Waals surface area contributed by atoms with Gasteiger partial charge in [-0.1, -0.05) is 76.6 Å². The maximum Gasteiger partial charge on any atom is 0.247 e. The number of likely N-dealkylation sites (tertiary alicyclic amines) is 1. The highest BCUT2D eigenvalue weighted by Gasteiger charge is 2.77. The lowest BCUT2D eigenvalue weighted by atomic mass is 9.65. The summed E-state index contributed by atoms with van der Waals surface area (Å²) in [6.07, 6.45) is 6.64. The van der Waals surface area contributed by atoms with Crippen LogP contribution in [0, 0.1) is 23.7 Å². The lowest BCUT2D eigenvalue weighted by molar-refractivity contribution is -0.147. The van der Waals surface area contributed by atoms with E-state index in [-0.39, 0.29) is 41.4 Å². The Kier molecular flexibility index (Phi) is 10.6. The summed E-state index contributed by atoms with van der Waals surface area (Å²) in [5.41, 5.74) is 1.02. The van der Waals surface area contributed by atoms with Gasteiger partial charge in [0.15, 0.2) is 0 Å². The van der Waals surface area contributed by atoms with Gasteiger partial charge in [-0.15, -0.1) is 24.9 Å². The van der Waals surface area contributed by atoms with Crippen molar-refractivity contribution in [3.63, 3.8) is 0 Å². The molecule has 3 heterocycles. The molecule has 7 atom stereocenters. The van der Waals surface area contributed by atoms with Gasteiger partial charge in [0, 0.05) is 31.4 Å².